The highest BCUT2D eigenvalue weighted by Crippen LogP contribution is 2.16. The predicted octanol–water partition coefficient (Wildman–Crippen LogP) is 1.43. The topological polar surface area (TPSA) is 76.1 Å². The van der Waals surface area contributed by atoms with Crippen molar-refractivity contribution in [2.24, 2.45) is 0 Å². The van der Waals surface area contributed by atoms with E-state index >= 15 is 0 Å². The number of nitrogens with zero attached hydrogens (tertiary/aromatic N) is 1. The Morgan fingerprint density at radius 3 is 2.35 bits per heavy atom. The number of benzene rings is 1. The molecule has 0 saturated carbocycles. The summed E-state index contributed by atoms with van der Waals surface area (Å²) < 4.78 is 9.79. The van der Waals surface area contributed by atoms with Crippen LogP contribution in [0, 0.1) is 0 Å². The van der Waals surface area contributed by atoms with Crippen LogP contribution < -0.4 is 4.74 Å². The van der Waals surface area contributed by atoms with Crippen LogP contribution in [0.5, 0.6) is 5.75 Å². The maximum Gasteiger partial charge on any atom is 0.415 e. The average molecular weight is 279 g/mol. The van der Waals surface area contributed by atoms with Crippen LogP contribution in [-0.4, -0.2) is 48.4 Å². The first-order valence-electron chi connectivity index (χ1n) is 6.43. The molecule has 1 N–H and O–H groups in total. The quantitative estimate of drug-likeness (QED) is 0.829. The zero-order chi connectivity index (χ0) is 14.5. The third kappa shape index (κ3) is 3.48. The van der Waals surface area contributed by atoms with Gasteiger partial charge in [-0.2, -0.15) is 0 Å². The number of carbonyl (C=O) groups is 2. The van der Waals surface area contributed by atoms with Gasteiger partial charge in [0.05, 0.1) is 18.8 Å². The lowest BCUT2D eigenvalue weighted by Crippen LogP contribution is -2.41. The normalized spacial score (nSPS) is 15.8. The fourth-order valence-electron chi connectivity index (χ4n) is 1.99. The molecule has 1 saturated heterocycles. The Morgan fingerprint density at radius 1 is 1.20 bits per heavy atom. The highest BCUT2D eigenvalue weighted by Gasteiger charge is 2.22. The molecule has 1 aliphatic rings. The fraction of sp³-hybridized carbons (Fsp3) is 0.429. The molecule has 1 aliphatic heterocycles. The average Bonchev–Trinajstić information content (AvgIpc) is 2.48. The number of methoxy groups -OCH3 is 1. The van der Waals surface area contributed by atoms with Crippen LogP contribution in [0.25, 0.3) is 0 Å². The van der Waals surface area contributed by atoms with Crippen LogP contribution in [0.4, 0.5) is 4.79 Å². The highest BCUT2D eigenvalue weighted by molar-refractivity contribution is 5.89. The molecule has 0 unspecified atom stereocenters. The van der Waals surface area contributed by atoms with E-state index in [-0.39, 0.29) is 6.10 Å². The minimum Gasteiger partial charge on any atom is -0.465 e. The zero-order valence-electron chi connectivity index (χ0n) is 11.2. The number of aliphatic hydroxyl groups excluding tert-OH is 1. The molecule has 6 nitrogen and oxygen atoms in total. The Kier molecular flexibility index (Phi) is 4.57. The van der Waals surface area contributed by atoms with Gasteiger partial charge in [0.2, 0.25) is 0 Å². The number of amides is 1. The molecular weight excluding hydrogens is 262 g/mol. The monoisotopic (exact) mass is 279 g/mol. The van der Waals surface area contributed by atoms with Gasteiger partial charge in [0, 0.05) is 13.1 Å². The first-order chi connectivity index (χ1) is 9.60. The fourth-order valence-corrected chi connectivity index (χ4v) is 1.99. The zero-order valence-corrected chi connectivity index (χ0v) is 11.2. The van der Waals surface area contributed by atoms with E-state index in [1.165, 1.54) is 19.2 Å². The third-order valence-electron chi connectivity index (χ3n) is 3.20. The molecule has 20 heavy (non-hydrogen) atoms. The lowest BCUT2D eigenvalue weighted by atomic mass is 10.1. The van der Waals surface area contributed by atoms with Crippen molar-refractivity contribution in [2.75, 3.05) is 20.2 Å². The number of rotatable bonds is 2. The Morgan fingerprint density at radius 2 is 1.80 bits per heavy atom. The summed E-state index contributed by atoms with van der Waals surface area (Å²) in [6, 6.07) is 6.16. The molecule has 0 atom stereocenters. The maximum atomic E-state index is 11.9. The summed E-state index contributed by atoms with van der Waals surface area (Å²) in [5, 5.41) is 9.38. The van der Waals surface area contributed by atoms with E-state index in [0.717, 1.165) is 0 Å². The molecule has 1 aromatic carbocycles. The van der Waals surface area contributed by atoms with Crippen molar-refractivity contribution in [3.05, 3.63) is 29.8 Å². The van der Waals surface area contributed by atoms with Gasteiger partial charge in [0.15, 0.2) is 0 Å². The minimum atomic E-state index is -0.442. The molecule has 1 aromatic rings. The molecule has 0 spiro atoms. The number of piperidine rings is 1. The number of esters is 1. The van der Waals surface area contributed by atoms with E-state index in [1.807, 2.05) is 0 Å². The highest BCUT2D eigenvalue weighted by atomic mass is 16.6. The number of hydrogen-bond acceptors (Lipinski definition) is 5. The van der Waals surface area contributed by atoms with E-state index in [2.05, 4.69) is 4.74 Å². The van der Waals surface area contributed by atoms with Crippen LogP contribution in [0.15, 0.2) is 24.3 Å². The number of hydrogen-bond donors (Lipinski definition) is 1. The Balaban J connectivity index is 1.92. The first kappa shape index (κ1) is 14.3. The van der Waals surface area contributed by atoms with Crippen LogP contribution in [0.2, 0.25) is 0 Å². The van der Waals surface area contributed by atoms with Crippen LogP contribution in [0.3, 0.4) is 0 Å². The molecule has 0 aliphatic carbocycles. The second-order valence-electron chi connectivity index (χ2n) is 4.60. The summed E-state index contributed by atoms with van der Waals surface area (Å²) in [5.41, 5.74) is 0.397. The number of carbonyl (C=O) groups excluding carboxylic acids is 2. The van der Waals surface area contributed by atoms with Crippen molar-refractivity contribution >= 4 is 12.1 Å². The van der Waals surface area contributed by atoms with Crippen molar-refractivity contribution in [3.8, 4) is 5.75 Å². The molecule has 108 valence electrons. The summed E-state index contributed by atoms with van der Waals surface area (Å²) in [6.07, 6.45) is 0.355. The first-order valence-corrected chi connectivity index (χ1v) is 6.43. The van der Waals surface area contributed by atoms with Crippen LogP contribution >= 0.6 is 0 Å². The molecule has 2 rings (SSSR count). The van der Waals surface area contributed by atoms with Gasteiger partial charge < -0.3 is 19.5 Å². The second kappa shape index (κ2) is 6.38. The number of ether oxygens (including phenoxy) is 2. The van der Waals surface area contributed by atoms with Crippen molar-refractivity contribution in [2.45, 2.75) is 18.9 Å². The second-order valence-corrected chi connectivity index (χ2v) is 4.60. The molecule has 0 aromatic heterocycles. The van der Waals surface area contributed by atoms with Crippen molar-refractivity contribution in [1.29, 1.82) is 0 Å². The van der Waals surface area contributed by atoms with Crippen molar-refractivity contribution in [3.63, 3.8) is 0 Å². The number of likely N-dealkylation sites (tertiary alicyclic amines) is 1. The third-order valence-corrected chi connectivity index (χ3v) is 3.20. The molecule has 1 fully saturated rings. The van der Waals surface area contributed by atoms with E-state index in [1.54, 1.807) is 17.0 Å². The van der Waals surface area contributed by atoms with E-state index in [0.29, 0.717) is 37.2 Å². The van der Waals surface area contributed by atoms with Gasteiger partial charge in [-0.05, 0) is 37.1 Å². The van der Waals surface area contributed by atoms with Crippen LogP contribution in [-0.2, 0) is 4.74 Å². The summed E-state index contributed by atoms with van der Waals surface area (Å²) in [6.45, 7) is 0.973. The van der Waals surface area contributed by atoms with Gasteiger partial charge in [-0.1, -0.05) is 0 Å². The smallest absolute Gasteiger partial charge is 0.415 e. The van der Waals surface area contributed by atoms with Crippen LogP contribution in [0.1, 0.15) is 23.2 Å². The van der Waals surface area contributed by atoms with Gasteiger partial charge in [0.25, 0.3) is 0 Å². The van der Waals surface area contributed by atoms with E-state index in [4.69, 9.17) is 4.74 Å². The SMILES string of the molecule is COC(=O)c1ccc(OC(=O)N2CCC(O)CC2)cc1. The molecule has 1 amide bonds. The lowest BCUT2D eigenvalue weighted by Gasteiger charge is -2.28. The molecular formula is C14H17NO5. The summed E-state index contributed by atoms with van der Waals surface area (Å²) >= 11 is 0. The maximum absolute atomic E-state index is 11.9. The van der Waals surface area contributed by atoms with Gasteiger partial charge in [-0.15, -0.1) is 0 Å². The Hall–Kier alpha value is -2.08. The number of aliphatic hydroxyl groups is 1. The molecule has 0 radical (unpaired) electrons. The van der Waals surface area contributed by atoms with Gasteiger partial charge in [-0.25, -0.2) is 9.59 Å². The van der Waals surface area contributed by atoms with E-state index in [9.17, 15) is 14.7 Å². The largest absolute Gasteiger partial charge is 0.465 e. The van der Waals surface area contributed by atoms with Crippen molar-refractivity contribution < 1.29 is 24.2 Å². The summed E-state index contributed by atoms with van der Waals surface area (Å²) in [4.78, 5) is 24.7. The van der Waals surface area contributed by atoms with Gasteiger partial charge in [-0.3, -0.25) is 0 Å². The van der Waals surface area contributed by atoms with Gasteiger partial charge >= 0.3 is 12.1 Å². The minimum absolute atomic E-state index is 0.335. The standard InChI is InChI=1S/C14H17NO5/c1-19-13(17)10-2-4-12(5-3-10)20-14(18)15-8-6-11(16)7-9-15/h2-5,11,16H,6-9H2,1H3. The van der Waals surface area contributed by atoms with Gasteiger partial charge in [0.1, 0.15) is 5.75 Å². The summed E-state index contributed by atoms with van der Waals surface area (Å²) in [5.74, 6) is -0.0679. The van der Waals surface area contributed by atoms with Crippen molar-refractivity contribution in [1.82, 2.24) is 4.90 Å². The predicted molar refractivity (Wildman–Crippen MR) is 70.6 cm³/mol. The Labute approximate surface area is 116 Å². The lowest BCUT2D eigenvalue weighted by molar-refractivity contribution is 0.0600. The van der Waals surface area contributed by atoms with E-state index < -0.39 is 12.1 Å². The Bertz CT molecular complexity index is 477. The molecule has 1 heterocycles. The summed E-state index contributed by atoms with van der Waals surface area (Å²) in [7, 11) is 1.31. The molecule has 0 bridgehead atoms. The molecule has 6 heteroatoms.